The van der Waals surface area contributed by atoms with Gasteiger partial charge in [-0.25, -0.2) is 4.79 Å². The molecule has 0 spiro atoms. The van der Waals surface area contributed by atoms with Gasteiger partial charge in [-0.3, -0.25) is 53.4 Å². The lowest BCUT2D eigenvalue weighted by atomic mass is 9.97. The van der Waals surface area contributed by atoms with Crippen molar-refractivity contribution in [3.8, 4) is 0 Å². The summed E-state index contributed by atoms with van der Waals surface area (Å²) in [6.45, 7) is 3.64. The van der Waals surface area contributed by atoms with Crippen LogP contribution in [0.1, 0.15) is 84.5 Å². The van der Waals surface area contributed by atoms with Crippen LogP contribution in [0.4, 0.5) is 0 Å². The zero-order valence-corrected chi connectivity index (χ0v) is 42.6. The first kappa shape index (κ1) is 61.6. The van der Waals surface area contributed by atoms with Gasteiger partial charge in [0.2, 0.25) is 47.3 Å². The van der Waals surface area contributed by atoms with Gasteiger partial charge in [0, 0.05) is 37.6 Å². The third-order valence-electron chi connectivity index (χ3n) is 11.9. The molecule has 2 fully saturated rings. The maximum Gasteiger partial charge on any atom is 0.327 e. The SMILES string of the molecule is CC[C@H](C)[C@H](NC(=O)[C@@H]1CCCN1C(=O)[C@@H](N)CS)C(=O)N[C@@H](CCC(=O)O)C(=O)N[C@@H](CC(=O)O)C(=O)N[C@@H](CCCNC(=N)N)C(=O)N1CCC[C@H]1C(=O)N[C@@H](CCSC)C(=O)N[C@@H](CS)C(=O)O. The number of rotatable bonds is 31. The van der Waals surface area contributed by atoms with E-state index in [1.165, 1.54) is 21.6 Å². The van der Waals surface area contributed by atoms with E-state index in [9.17, 15) is 68.1 Å². The van der Waals surface area contributed by atoms with Crippen LogP contribution < -0.4 is 48.7 Å². The van der Waals surface area contributed by atoms with E-state index in [-0.39, 0.29) is 63.2 Å². The number of aliphatic carboxylic acids is 3. The number of amides is 8. The van der Waals surface area contributed by atoms with Crippen LogP contribution in [0.3, 0.4) is 0 Å². The van der Waals surface area contributed by atoms with Crippen LogP contribution in [-0.4, -0.2) is 194 Å². The summed E-state index contributed by atoms with van der Waals surface area (Å²) in [5, 5.41) is 53.6. The van der Waals surface area contributed by atoms with E-state index in [0.717, 1.165) is 0 Å². The molecule has 2 aliphatic heterocycles. The van der Waals surface area contributed by atoms with Crippen LogP contribution >= 0.6 is 37.0 Å². The van der Waals surface area contributed by atoms with Crippen LogP contribution in [-0.2, 0) is 52.7 Å². The second-order valence-electron chi connectivity index (χ2n) is 17.2. The molecule has 2 heterocycles. The molecule has 0 aromatic carbocycles. The number of thioether (sulfide) groups is 1. The van der Waals surface area contributed by atoms with Crippen LogP contribution in [0.15, 0.2) is 0 Å². The van der Waals surface area contributed by atoms with E-state index in [2.05, 4.69) is 62.5 Å². The third kappa shape index (κ3) is 19.9. The molecule has 10 atom stereocenters. The van der Waals surface area contributed by atoms with Crippen molar-refractivity contribution in [3.63, 3.8) is 0 Å². The maximum atomic E-state index is 14.3. The van der Waals surface area contributed by atoms with Crippen molar-refractivity contribution in [1.82, 2.24) is 47.0 Å². The van der Waals surface area contributed by atoms with Crippen LogP contribution in [0.25, 0.3) is 0 Å². The smallest absolute Gasteiger partial charge is 0.327 e. The van der Waals surface area contributed by atoms with E-state index in [1.54, 1.807) is 20.1 Å². The first-order valence-electron chi connectivity index (χ1n) is 23.1. The summed E-state index contributed by atoms with van der Waals surface area (Å²) in [7, 11) is 0. The first-order valence-corrected chi connectivity index (χ1v) is 25.8. The van der Waals surface area contributed by atoms with Crippen LogP contribution in [0.2, 0.25) is 0 Å². The number of guanidine groups is 1. The molecule has 26 nitrogen and oxygen atoms in total. The molecule has 0 saturated carbocycles. The Morgan fingerprint density at radius 1 is 0.690 bits per heavy atom. The maximum absolute atomic E-state index is 14.3. The molecule has 71 heavy (non-hydrogen) atoms. The van der Waals surface area contributed by atoms with Crippen molar-refractivity contribution in [2.75, 3.05) is 43.1 Å². The van der Waals surface area contributed by atoms with Gasteiger partial charge in [0.1, 0.15) is 48.3 Å². The van der Waals surface area contributed by atoms with Crippen molar-refractivity contribution in [2.45, 2.75) is 139 Å². The number of carboxylic acid groups (broad SMARTS) is 3. The highest BCUT2D eigenvalue weighted by Gasteiger charge is 2.42. The van der Waals surface area contributed by atoms with Crippen molar-refractivity contribution < 1.29 is 68.1 Å². The Labute approximate surface area is 426 Å². The van der Waals surface area contributed by atoms with Crippen LogP contribution in [0.5, 0.6) is 0 Å². The molecule has 2 saturated heterocycles. The quantitative estimate of drug-likeness (QED) is 0.0139. The van der Waals surface area contributed by atoms with E-state index in [1.807, 2.05) is 0 Å². The number of nitrogens with one attached hydrogen (secondary N) is 8. The van der Waals surface area contributed by atoms with Crippen molar-refractivity contribution in [1.29, 1.82) is 5.41 Å². The third-order valence-corrected chi connectivity index (χ3v) is 13.3. The number of hydrogen-bond acceptors (Lipinski definition) is 16. The van der Waals surface area contributed by atoms with E-state index < -0.39 is 151 Å². The summed E-state index contributed by atoms with van der Waals surface area (Å²) in [6, 6.07) is -12.1. The molecule has 0 aromatic heterocycles. The Bertz CT molecular complexity index is 1940. The molecule has 29 heteroatoms. The lowest BCUT2D eigenvalue weighted by Gasteiger charge is -2.31. The number of carbonyl (C=O) groups excluding carboxylic acids is 8. The Morgan fingerprint density at radius 3 is 1.72 bits per heavy atom. The summed E-state index contributed by atoms with van der Waals surface area (Å²) < 4.78 is 0. The topological polar surface area (TPSA) is 415 Å². The van der Waals surface area contributed by atoms with Gasteiger partial charge >= 0.3 is 17.9 Å². The molecule has 400 valence electrons. The van der Waals surface area contributed by atoms with Crippen molar-refractivity contribution >= 4 is 108 Å². The minimum Gasteiger partial charge on any atom is -0.481 e. The zero-order valence-electron chi connectivity index (χ0n) is 40.0. The standard InChI is InChI=1S/C42H70N12O14S3/c1-4-21(2)32(52-37(63)29-10-6-15-53(29)39(65)22(43)19-69)38(64)48-23(11-12-30(55)56)33(59)50-26(18-31(57)58)35(61)49-25(8-5-14-46-42(44)45)40(66)54-16-7-9-28(54)36(62)47-24(13-17-71-3)34(60)51-27(20-70)41(67)68/h21-29,32,69-70H,4-20,43H2,1-3H3,(H,47,62)(H,48,64)(H,49,61)(H,50,59)(H,51,60)(H,52,63)(H,55,56)(H,57,58)(H,67,68)(H4,44,45,46)/t21-,22-,23-,24-,25-,26-,27-,28-,29-,32-/m0/s1. The Hall–Kier alpha value is -5.55. The van der Waals surface area contributed by atoms with Gasteiger partial charge in [0.05, 0.1) is 12.5 Å². The fourth-order valence-corrected chi connectivity index (χ4v) is 8.67. The molecule has 0 aromatic rings. The predicted molar refractivity (Wildman–Crippen MR) is 265 cm³/mol. The summed E-state index contributed by atoms with van der Waals surface area (Å²) in [6.07, 6.45) is 0.988. The van der Waals surface area contributed by atoms with Gasteiger partial charge < -0.3 is 73.8 Å². The average Bonchev–Trinajstić information content (AvgIpc) is 4.03. The van der Waals surface area contributed by atoms with E-state index >= 15 is 0 Å². The fraction of sp³-hybridized carbons (Fsp3) is 0.714. The highest BCUT2D eigenvalue weighted by atomic mass is 32.2. The van der Waals surface area contributed by atoms with Gasteiger partial charge in [-0.05, 0) is 69.3 Å². The number of thiol groups is 2. The molecule has 2 rings (SSSR count). The normalized spacial score (nSPS) is 18.7. The van der Waals surface area contributed by atoms with Gasteiger partial charge in [0.25, 0.3) is 0 Å². The van der Waals surface area contributed by atoms with E-state index in [0.29, 0.717) is 25.0 Å². The summed E-state index contributed by atoms with van der Waals surface area (Å²) in [5.74, 6) is -11.9. The second-order valence-corrected chi connectivity index (χ2v) is 18.9. The van der Waals surface area contributed by atoms with E-state index in [4.69, 9.17) is 16.9 Å². The Morgan fingerprint density at radius 2 is 1.21 bits per heavy atom. The summed E-state index contributed by atoms with van der Waals surface area (Å²) >= 11 is 9.40. The summed E-state index contributed by atoms with van der Waals surface area (Å²) in [4.78, 5) is 148. The molecule has 0 unspecified atom stereocenters. The second kappa shape index (κ2) is 31.0. The number of hydrogen-bond donors (Lipinski definition) is 15. The fourth-order valence-electron chi connectivity index (χ4n) is 7.79. The molecule has 0 aliphatic carbocycles. The molecule has 15 N–H and O–H groups in total. The Balaban J connectivity index is 2.41. The highest BCUT2D eigenvalue weighted by molar-refractivity contribution is 7.98. The summed E-state index contributed by atoms with van der Waals surface area (Å²) in [5.41, 5.74) is 11.3. The number of carbonyl (C=O) groups is 11. The van der Waals surface area contributed by atoms with Crippen molar-refractivity contribution in [3.05, 3.63) is 0 Å². The number of likely N-dealkylation sites (tertiary alicyclic amines) is 2. The lowest BCUT2D eigenvalue weighted by molar-refractivity contribution is -0.144. The minimum absolute atomic E-state index is 0.0109. The Kier molecular flexibility index (Phi) is 26.9. The molecule has 8 amide bonds. The number of nitrogens with two attached hydrogens (primary N) is 2. The minimum atomic E-state index is -1.94. The average molecular weight is 1060 g/mol. The number of nitrogens with zero attached hydrogens (tertiary/aromatic N) is 2. The molecule has 0 radical (unpaired) electrons. The monoisotopic (exact) mass is 1060 g/mol. The predicted octanol–water partition coefficient (Wildman–Crippen LogP) is -3.45. The molecule has 0 bridgehead atoms. The van der Waals surface area contributed by atoms with Crippen molar-refractivity contribution in [2.24, 2.45) is 17.4 Å². The van der Waals surface area contributed by atoms with Crippen LogP contribution in [0, 0.1) is 11.3 Å². The number of carboxylic acids is 3. The lowest BCUT2D eigenvalue weighted by Crippen LogP contribution is -2.61. The zero-order chi connectivity index (χ0) is 53.5. The molecular formula is C42H70N12O14S3. The molecule has 2 aliphatic rings. The van der Waals surface area contributed by atoms with Gasteiger partial charge in [0.15, 0.2) is 5.96 Å². The largest absolute Gasteiger partial charge is 0.481 e. The molecular weight excluding hydrogens is 993 g/mol. The highest BCUT2D eigenvalue weighted by Crippen LogP contribution is 2.22. The van der Waals surface area contributed by atoms with Gasteiger partial charge in [-0.15, -0.1) is 0 Å². The van der Waals surface area contributed by atoms with Gasteiger partial charge in [-0.1, -0.05) is 20.3 Å². The first-order chi connectivity index (χ1) is 33.5. The van der Waals surface area contributed by atoms with Gasteiger partial charge in [-0.2, -0.15) is 37.0 Å².